The molecular formula is C16H14. The van der Waals surface area contributed by atoms with Gasteiger partial charge in [0.2, 0.25) is 0 Å². The van der Waals surface area contributed by atoms with Gasteiger partial charge in [-0.05, 0) is 47.1 Å². The Labute approximate surface area is 95.9 Å². The Morgan fingerprint density at radius 1 is 0.875 bits per heavy atom. The van der Waals surface area contributed by atoms with E-state index in [1.54, 1.807) is 16.7 Å². The van der Waals surface area contributed by atoms with Crippen molar-refractivity contribution in [2.75, 3.05) is 0 Å². The quantitative estimate of drug-likeness (QED) is 0.608. The number of fused-ring (bicyclic) bond motifs is 3. The molecule has 0 fully saturated rings. The third kappa shape index (κ3) is 0.948. The van der Waals surface area contributed by atoms with Crippen molar-refractivity contribution in [3.63, 3.8) is 0 Å². The molecule has 0 saturated carbocycles. The summed E-state index contributed by atoms with van der Waals surface area (Å²) in [6.45, 7) is 0. The van der Waals surface area contributed by atoms with Crippen LogP contribution in [-0.4, -0.2) is 0 Å². The molecule has 2 aromatic carbocycles. The van der Waals surface area contributed by atoms with Crippen LogP contribution >= 0.6 is 0 Å². The minimum absolute atomic E-state index is 0.691. The molecule has 0 saturated heterocycles. The average molecular weight is 206 g/mol. The van der Waals surface area contributed by atoms with E-state index in [0.29, 0.717) is 5.92 Å². The highest BCUT2D eigenvalue weighted by molar-refractivity contribution is 5.80. The fourth-order valence-electron chi connectivity index (χ4n) is 3.48. The first-order chi connectivity index (χ1) is 7.95. The van der Waals surface area contributed by atoms with E-state index in [9.17, 15) is 0 Å². The lowest BCUT2D eigenvalue weighted by Crippen LogP contribution is -2.07. The third-order valence-electron chi connectivity index (χ3n) is 4.11. The molecule has 2 aromatic rings. The van der Waals surface area contributed by atoms with Gasteiger partial charge in [0.1, 0.15) is 0 Å². The van der Waals surface area contributed by atoms with Crippen molar-refractivity contribution in [2.45, 2.75) is 25.2 Å². The van der Waals surface area contributed by atoms with Crippen LogP contribution in [0.5, 0.6) is 0 Å². The fraction of sp³-hybridized carbons (Fsp3) is 0.250. The monoisotopic (exact) mass is 206 g/mol. The first kappa shape index (κ1) is 8.58. The summed E-state index contributed by atoms with van der Waals surface area (Å²) in [5.74, 6) is 0.691. The molecule has 1 atom stereocenters. The van der Waals surface area contributed by atoms with Gasteiger partial charge in [0.25, 0.3) is 0 Å². The molecule has 2 aliphatic rings. The van der Waals surface area contributed by atoms with E-state index in [4.69, 9.17) is 0 Å². The highest BCUT2D eigenvalue weighted by Crippen LogP contribution is 2.50. The Morgan fingerprint density at radius 2 is 1.75 bits per heavy atom. The molecule has 0 heterocycles. The maximum absolute atomic E-state index is 2.32. The lowest BCUT2D eigenvalue weighted by molar-refractivity contribution is 0.627. The number of hydrogen-bond donors (Lipinski definition) is 0. The standard InChI is InChI=1S/C16H14/c1-2-8-13-12(7-1)14-9-3-5-11-6-4-10-15(13)16(11)14/h1-3,5,7-9,15H,4,6,10H2/t15-/m0/s1. The SMILES string of the molecule is c1ccc2c(c1)-c1cccc3c1[C@H]2CCC3. The zero-order valence-corrected chi connectivity index (χ0v) is 9.24. The Morgan fingerprint density at radius 3 is 2.75 bits per heavy atom. The predicted molar refractivity (Wildman–Crippen MR) is 66.7 cm³/mol. The second-order valence-electron chi connectivity index (χ2n) is 4.91. The van der Waals surface area contributed by atoms with E-state index >= 15 is 0 Å². The topological polar surface area (TPSA) is 0 Å². The van der Waals surface area contributed by atoms with Gasteiger partial charge in [0.05, 0.1) is 0 Å². The van der Waals surface area contributed by atoms with Crippen LogP contribution in [0.2, 0.25) is 0 Å². The largest absolute Gasteiger partial charge is 0.0619 e. The second-order valence-corrected chi connectivity index (χ2v) is 4.91. The molecule has 16 heavy (non-hydrogen) atoms. The molecule has 2 aliphatic carbocycles. The van der Waals surface area contributed by atoms with Gasteiger partial charge in [-0.1, -0.05) is 42.5 Å². The maximum Gasteiger partial charge on any atom is 0.0104 e. The van der Waals surface area contributed by atoms with Crippen molar-refractivity contribution in [1.29, 1.82) is 0 Å². The van der Waals surface area contributed by atoms with Crippen LogP contribution in [0.3, 0.4) is 0 Å². The van der Waals surface area contributed by atoms with Gasteiger partial charge in [0, 0.05) is 5.92 Å². The van der Waals surface area contributed by atoms with Crippen LogP contribution in [0.15, 0.2) is 42.5 Å². The maximum atomic E-state index is 2.32. The minimum atomic E-state index is 0.691. The Kier molecular flexibility index (Phi) is 1.59. The Balaban J connectivity index is 2.10. The van der Waals surface area contributed by atoms with Gasteiger partial charge in [-0.2, -0.15) is 0 Å². The van der Waals surface area contributed by atoms with Crippen LogP contribution in [0.4, 0.5) is 0 Å². The van der Waals surface area contributed by atoms with Gasteiger partial charge in [-0.3, -0.25) is 0 Å². The van der Waals surface area contributed by atoms with Crippen LogP contribution in [-0.2, 0) is 6.42 Å². The zero-order chi connectivity index (χ0) is 10.5. The molecule has 78 valence electrons. The van der Waals surface area contributed by atoms with Crippen molar-refractivity contribution in [1.82, 2.24) is 0 Å². The first-order valence-electron chi connectivity index (χ1n) is 6.16. The molecule has 0 nitrogen and oxygen atoms in total. The molecule has 0 bridgehead atoms. The molecule has 4 rings (SSSR count). The third-order valence-corrected chi connectivity index (χ3v) is 4.11. The molecule has 0 amide bonds. The van der Waals surface area contributed by atoms with E-state index in [1.165, 1.54) is 30.4 Å². The second kappa shape index (κ2) is 2.98. The molecule has 0 unspecified atom stereocenters. The van der Waals surface area contributed by atoms with Gasteiger partial charge in [-0.25, -0.2) is 0 Å². The fourth-order valence-corrected chi connectivity index (χ4v) is 3.48. The van der Waals surface area contributed by atoms with E-state index in [-0.39, 0.29) is 0 Å². The number of rotatable bonds is 0. The molecule has 0 N–H and O–H groups in total. The minimum Gasteiger partial charge on any atom is -0.0619 e. The lowest BCUT2D eigenvalue weighted by Gasteiger charge is -2.22. The number of hydrogen-bond acceptors (Lipinski definition) is 0. The smallest absolute Gasteiger partial charge is 0.0104 e. The highest BCUT2D eigenvalue weighted by atomic mass is 14.4. The zero-order valence-electron chi connectivity index (χ0n) is 9.24. The summed E-state index contributed by atoms with van der Waals surface area (Å²) in [7, 11) is 0. The van der Waals surface area contributed by atoms with Gasteiger partial charge >= 0.3 is 0 Å². The summed E-state index contributed by atoms with van der Waals surface area (Å²) in [4.78, 5) is 0. The average Bonchev–Trinajstić information content (AvgIpc) is 2.68. The summed E-state index contributed by atoms with van der Waals surface area (Å²) in [6.07, 6.45) is 3.95. The summed E-state index contributed by atoms with van der Waals surface area (Å²) >= 11 is 0. The predicted octanol–water partition coefficient (Wildman–Crippen LogP) is 4.14. The van der Waals surface area contributed by atoms with Crippen molar-refractivity contribution < 1.29 is 0 Å². The van der Waals surface area contributed by atoms with Gasteiger partial charge < -0.3 is 0 Å². The van der Waals surface area contributed by atoms with Crippen LogP contribution < -0.4 is 0 Å². The van der Waals surface area contributed by atoms with Crippen LogP contribution in [0.1, 0.15) is 35.4 Å². The first-order valence-corrected chi connectivity index (χ1v) is 6.16. The molecule has 0 radical (unpaired) electrons. The lowest BCUT2D eigenvalue weighted by atomic mass is 9.82. The number of aryl methyl sites for hydroxylation is 1. The number of benzene rings is 2. The highest BCUT2D eigenvalue weighted by Gasteiger charge is 2.32. The van der Waals surface area contributed by atoms with E-state index in [1.807, 2.05) is 0 Å². The van der Waals surface area contributed by atoms with E-state index < -0.39 is 0 Å². The summed E-state index contributed by atoms with van der Waals surface area (Å²) < 4.78 is 0. The van der Waals surface area contributed by atoms with Crippen molar-refractivity contribution in [3.8, 4) is 11.1 Å². The van der Waals surface area contributed by atoms with Crippen LogP contribution in [0.25, 0.3) is 11.1 Å². The van der Waals surface area contributed by atoms with E-state index in [2.05, 4.69) is 42.5 Å². The van der Waals surface area contributed by atoms with Gasteiger partial charge in [0.15, 0.2) is 0 Å². The normalized spacial score (nSPS) is 20.4. The molecule has 0 aromatic heterocycles. The summed E-state index contributed by atoms with van der Waals surface area (Å²) in [5.41, 5.74) is 7.76. The molecule has 0 aliphatic heterocycles. The van der Waals surface area contributed by atoms with E-state index in [0.717, 1.165) is 0 Å². The van der Waals surface area contributed by atoms with Crippen molar-refractivity contribution in [2.24, 2.45) is 0 Å². The van der Waals surface area contributed by atoms with Gasteiger partial charge in [-0.15, -0.1) is 0 Å². The molecular weight excluding hydrogens is 192 g/mol. The summed E-state index contributed by atoms with van der Waals surface area (Å²) in [5, 5.41) is 0. The van der Waals surface area contributed by atoms with Crippen molar-refractivity contribution in [3.05, 3.63) is 59.2 Å². The van der Waals surface area contributed by atoms with Crippen LogP contribution in [0, 0.1) is 0 Å². The Hall–Kier alpha value is -1.56. The van der Waals surface area contributed by atoms with Crippen molar-refractivity contribution >= 4 is 0 Å². The molecule has 0 heteroatoms. The molecule has 0 spiro atoms. The Bertz CT molecular complexity index is 566. The summed E-state index contributed by atoms with van der Waals surface area (Å²) in [6, 6.07) is 15.8.